The Morgan fingerprint density at radius 2 is 1.71 bits per heavy atom. The van der Waals surface area contributed by atoms with Crippen molar-refractivity contribution in [1.82, 2.24) is 29.0 Å². The Morgan fingerprint density at radius 1 is 0.982 bits per heavy atom. The summed E-state index contributed by atoms with van der Waals surface area (Å²) in [5.41, 5.74) is 3.64. The molecule has 1 spiro atoms. The molecule has 2 aromatic carbocycles. The zero-order chi connectivity index (χ0) is 39.7. The molecule has 5 aromatic rings. The first-order valence-corrected chi connectivity index (χ1v) is 21.1. The van der Waals surface area contributed by atoms with Crippen LogP contribution in [0.15, 0.2) is 63.1 Å². The van der Waals surface area contributed by atoms with Crippen molar-refractivity contribution in [2.45, 2.75) is 94.4 Å². The highest BCUT2D eigenvalue weighted by molar-refractivity contribution is 7.92. The number of hydrogen-bond donors (Lipinski definition) is 2. The topological polar surface area (TPSA) is 170 Å². The maximum Gasteiger partial charge on any atom is 0.329 e. The first-order valence-electron chi connectivity index (χ1n) is 19.2. The van der Waals surface area contributed by atoms with Gasteiger partial charge in [-0.2, -0.15) is 4.98 Å². The minimum absolute atomic E-state index is 0.0520. The van der Waals surface area contributed by atoms with Gasteiger partial charge < -0.3 is 10.2 Å². The van der Waals surface area contributed by atoms with Gasteiger partial charge in [0.2, 0.25) is 17.8 Å². The number of hydrogen-bond acceptors (Lipinski definition) is 10. The van der Waals surface area contributed by atoms with Crippen molar-refractivity contribution >= 4 is 72.6 Å². The highest BCUT2D eigenvalue weighted by Crippen LogP contribution is 2.48. The number of nitrogens with one attached hydrogen (secondary N) is 2. The number of carbonyl (C=O) groups excluding carboxylic acids is 2. The molecule has 294 valence electrons. The molecule has 2 N–H and O–H groups in total. The first kappa shape index (κ1) is 37.9. The second kappa shape index (κ2) is 14.2. The summed E-state index contributed by atoms with van der Waals surface area (Å²) < 4.78 is 32.6. The summed E-state index contributed by atoms with van der Waals surface area (Å²) in [4.78, 5) is 62.3. The van der Waals surface area contributed by atoms with Crippen LogP contribution in [-0.2, 0) is 26.5 Å². The number of anilines is 3. The molecular formula is C40H45ClN8O6S. The van der Waals surface area contributed by atoms with E-state index in [4.69, 9.17) is 11.6 Å². The molecule has 2 saturated heterocycles. The third kappa shape index (κ3) is 6.47. The van der Waals surface area contributed by atoms with Crippen LogP contribution in [0.4, 0.5) is 17.3 Å². The number of fused-ring (bicyclic) bond motifs is 2. The van der Waals surface area contributed by atoms with Crippen molar-refractivity contribution in [1.29, 1.82) is 0 Å². The Kier molecular flexibility index (Phi) is 9.59. The number of benzene rings is 2. The highest BCUT2D eigenvalue weighted by Gasteiger charge is 2.42. The third-order valence-electron chi connectivity index (χ3n) is 12.2. The number of nitrogens with zero attached hydrogens (tertiary/aromatic N) is 6. The Bertz CT molecular complexity index is 2650. The van der Waals surface area contributed by atoms with Gasteiger partial charge in [0.05, 0.1) is 26.9 Å². The standard InChI is InChI=1S/C40H45ClN8O6S/c1-23(2)48-35-25(21-28(41)37(48)52)22-42-38(45-35)43-29-9-8-27(20-24(29)3)56(54,55)26-12-14-40(15-13-26)16-18-47(19-17-40)30-6-5-7-31-34(30)46(4)39(53)49(31)32-10-11-33(50)44-36(32)51/h5-9,20-23,26,32H,10-19H2,1-4H3,(H,42,43,45)(H,44,50,51). The lowest BCUT2D eigenvalue weighted by Gasteiger charge is -2.46. The van der Waals surface area contributed by atoms with Gasteiger partial charge in [0.15, 0.2) is 9.84 Å². The number of sulfone groups is 1. The number of piperidine rings is 2. The fraction of sp³-hybridized carbons (Fsp3) is 0.450. The number of rotatable bonds is 7. The van der Waals surface area contributed by atoms with Crippen molar-refractivity contribution < 1.29 is 18.0 Å². The van der Waals surface area contributed by atoms with Crippen molar-refractivity contribution in [3.63, 3.8) is 0 Å². The molecule has 0 bridgehead atoms. The van der Waals surface area contributed by atoms with Gasteiger partial charge in [-0.3, -0.25) is 33.4 Å². The Morgan fingerprint density at radius 3 is 2.39 bits per heavy atom. The lowest BCUT2D eigenvalue weighted by Crippen LogP contribution is -2.44. The van der Waals surface area contributed by atoms with E-state index in [1.165, 1.54) is 9.13 Å². The van der Waals surface area contributed by atoms with E-state index in [0.29, 0.717) is 40.0 Å². The summed E-state index contributed by atoms with van der Waals surface area (Å²) in [6.45, 7) is 7.15. The normalized spacial score (nSPS) is 19.3. The van der Waals surface area contributed by atoms with E-state index in [0.717, 1.165) is 55.5 Å². The SMILES string of the molecule is Cc1cc(S(=O)(=O)C2CCC3(CC2)CCN(c2cccc4c2n(C)c(=O)n4C2CCC(=O)NC2=O)CC3)ccc1Nc1ncc2cc(Cl)c(=O)n(C(C)C)c2n1. The number of para-hydroxylation sites is 1. The highest BCUT2D eigenvalue weighted by atomic mass is 35.5. The maximum absolute atomic E-state index is 14.0. The molecule has 2 aliphatic heterocycles. The molecule has 1 aliphatic carbocycles. The molecule has 3 aliphatic rings. The fourth-order valence-corrected chi connectivity index (χ4v) is 11.1. The lowest BCUT2D eigenvalue weighted by molar-refractivity contribution is -0.135. The monoisotopic (exact) mass is 800 g/mol. The Labute approximate surface area is 328 Å². The average molecular weight is 801 g/mol. The number of imidazole rings is 1. The Hall–Kier alpha value is -5.02. The van der Waals surface area contributed by atoms with E-state index in [1.807, 2.05) is 39.0 Å². The molecule has 16 heteroatoms. The summed E-state index contributed by atoms with van der Waals surface area (Å²) in [5, 5.41) is 5.84. The molecule has 1 saturated carbocycles. The summed E-state index contributed by atoms with van der Waals surface area (Å²) >= 11 is 6.17. The third-order valence-corrected chi connectivity index (χ3v) is 14.7. The fourth-order valence-electron chi connectivity index (χ4n) is 9.03. The van der Waals surface area contributed by atoms with Gasteiger partial charge in [-0.05, 0) is 113 Å². The number of halogens is 1. The van der Waals surface area contributed by atoms with Crippen molar-refractivity contribution in [3.05, 3.63) is 80.1 Å². The van der Waals surface area contributed by atoms with Crippen molar-refractivity contribution in [2.75, 3.05) is 23.3 Å². The van der Waals surface area contributed by atoms with Gasteiger partial charge in [-0.1, -0.05) is 17.7 Å². The van der Waals surface area contributed by atoms with Crippen molar-refractivity contribution in [2.24, 2.45) is 12.5 Å². The predicted molar refractivity (Wildman–Crippen MR) is 216 cm³/mol. The smallest absolute Gasteiger partial charge is 0.329 e. The van der Waals surface area contributed by atoms with Crippen LogP contribution in [0.1, 0.15) is 82.9 Å². The summed E-state index contributed by atoms with van der Waals surface area (Å²) in [6, 6.07) is 11.5. The quantitative estimate of drug-likeness (QED) is 0.194. The van der Waals surface area contributed by atoms with Crippen LogP contribution in [0.5, 0.6) is 0 Å². The number of imide groups is 1. The van der Waals surface area contributed by atoms with Crippen LogP contribution in [0.25, 0.3) is 22.1 Å². The van der Waals surface area contributed by atoms with Gasteiger partial charge in [0.1, 0.15) is 16.7 Å². The lowest BCUT2D eigenvalue weighted by atomic mass is 9.68. The van der Waals surface area contributed by atoms with Gasteiger partial charge in [-0.15, -0.1) is 0 Å². The first-order chi connectivity index (χ1) is 26.7. The maximum atomic E-state index is 14.0. The summed E-state index contributed by atoms with van der Waals surface area (Å²) in [6.07, 6.45) is 6.72. The molecule has 1 atom stereocenters. The van der Waals surface area contributed by atoms with E-state index in [9.17, 15) is 27.6 Å². The van der Waals surface area contributed by atoms with E-state index < -0.39 is 27.0 Å². The van der Waals surface area contributed by atoms with Gasteiger partial charge in [0, 0.05) is 49.9 Å². The predicted octanol–water partition coefficient (Wildman–Crippen LogP) is 5.71. The molecule has 3 fully saturated rings. The average Bonchev–Trinajstić information content (AvgIpc) is 3.42. The van der Waals surface area contributed by atoms with E-state index in [-0.39, 0.29) is 52.4 Å². The molecule has 5 heterocycles. The summed E-state index contributed by atoms with van der Waals surface area (Å²) in [7, 11) is -1.86. The zero-order valence-corrected chi connectivity index (χ0v) is 33.4. The van der Waals surface area contributed by atoms with E-state index in [1.54, 1.807) is 42.1 Å². The zero-order valence-electron chi connectivity index (χ0n) is 31.8. The number of amides is 2. The Balaban J connectivity index is 0.937. The molecule has 0 radical (unpaired) electrons. The van der Waals surface area contributed by atoms with E-state index >= 15 is 0 Å². The second-order valence-electron chi connectivity index (χ2n) is 15.9. The van der Waals surface area contributed by atoms with E-state index in [2.05, 4.69) is 25.5 Å². The van der Waals surface area contributed by atoms with Crippen LogP contribution in [0.3, 0.4) is 0 Å². The molecule has 2 amide bonds. The van der Waals surface area contributed by atoms with Gasteiger partial charge in [0.25, 0.3) is 5.56 Å². The van der Waals surface area contributed by atoms with Gasteiger partial charge >= 0.3 is 5.69 Å². The number of carbonyl (C=O) groups is 2. The minimum Gasteiger partial charge on any atom is -0.370 e. The molecule has 1 unspecified atom stereocenters. The minimum atomic E-state index is -3.59. The van der Waals surface area contributed by atoms with Crippen LogP contribution in [0.2, 0.25) is 5.02 Å². The van der Waals surface area contributed by atoms with Crippen LogP contribution >= 0.6 is 11.6 Å². The number of aryl methyl sites for hydroxylation is 2. The van der Waals surface area contributed by atoms with Crippen LogP contribution in [0, 0.1) is 12.3 Å². The van der Waals surface area contributed by atoms with Crippen LogP contribution in [-0.4, -0.2) is 62.2 Å². The van der Waals surface area contributed by atoms with Crippen LogP contribution < -0.4 is 26.8 Å². The van der Waals surface area contributed by atoms with Gasteiger partial charge in [-0.25, -0.2) is 18.2 Å². The molecule has 56 heavy (non-hydrogen) atoms. The second-order valence-corrected chi connectivity index (χ2v) is 18.5. The number of pyridine rings is 1. The van der Waals surface area contributed by atoms with Crippen molar-refractivity contribution in [3.8, 4) is 0 Å². The molecular weight excluding hydrogens is 756 g/mol. The summed E-state index contributed by atoms with van der Waals surface area (Å²) in [5.74, 6) is -0.501. The largest absolute Gasteiger partial charge is 0.370 e. The molecule has 14 nitrogen and oxygen atoms in total. The molecule has 8 rings (SSSR count). The molecule has 3 aromatic heterocycles. The number of aromatic nitrogens is 5.